The molecule has 1 fully saturated rings. The molecule has 6 nitrogen and oxygen atoms in total. The number of aromatic nitrogens is 2. The van der Waals surface area contributed by atoms with E-state index in [4.69, 9.17) is 4.74 Å². The summed E-state index contributed by atoms with van der Waals surface area (Å²) in [5.74, 6) is 0.657. The molecule has 0 aliphatic carbocycles. The molecule has 0 radical (unpaired) electrons. The third-order valence-electron chi connectivity index (χ3n) is 2.87. The lowest BCUT2D eigenvalue weighted by atomic mass is 10.0. The molecule has 90 valence electrons. The van der Waals surface area contributed by atoms with Gasteiger partial charge in [0.05, 0.1) is 6.61 Å². The highest BCUT2D eigenvalue weighted by atomic mass is 16.5. The first-order chi connectivity index (χ1) is 7.77. The summed E-state index contributed by atoms with van der Waals surface area (Å²) in [4.78, 5) is 11.0. The summed E-state index contributed by atoms with van der Waals surface area (Å²) in [5.41, 5.74) is 0. The number of ether oxygens (including phenoxy) is 1. The Balaban J connectivity index is 1.75. The van der Waals surface area contributed by atoms with Gasteiger partial charge in [-0.3, -0.25) is 9.09 Å². The van der Waals surface area contributed by atoms with E-state index in [1.165, 1.54) is 17.4 Å². The van der Waals surface area contributed by atoms with E-state index >= 15 is 0 Å². The summed E-state index contributed by atoms with van der Waals surface area (Å²) in [7, 11) is 1.62. The maximum Gasteiger partial charge on any atom is 0.441 e. The molecule has 1 aliphatic heterocycles. The van der Waals surface area contributed by atoms with Crippen molar-refractivity contribution >= 4 is 0 Å². The zero-order valence-corrected chi connectivity index (χ0v) is 9.44. The van der Waals surface area contributed by atoms with E-state index in [9.17, 15) is 4.79 Å². The van der Waals surface area contributed by atoms with E-state index in [0.717, 1.165) is 13.1 Å². The predicted octanol–water partition coefficient (Wildman–Crippen LogP) is -0.110. The molecule has 2 rings (SSSR count). The minimum absolute atomic E-state index is 0.332. The van der Waals surface area contributed by atoms with Gasteiger partial charge in [-0.15, -0.1) is 0 Å². The normalized spacial score (nSPS) is 21.2. The van der Waals surface area contributed by atoms with Gasteiger partial charge in [-0.25, -0.2) is 4.79 Å². The van der Waals surface area contributed by atoms with Gasteiger partial charge in [0.1, 0.15) is 6.61 Å². The van der Waals surface area contributed by atoms with E-state index in [0.29, 0.717) is 25.0 Å². The van der Waals surface area contributed by atoms with Crippen LogP contribution in [0.15, 0.2) is 9.32 Å². The molecule has 16 heavy (non-hydrogen) atoms. The fourth-order valence-electron chi connectivity index (χ4n) is 1.83. The number of hydrogen-bond donors (Lipinski definition) is 1. The van der Waals surface area contributed by atoms with Crippen LogP contribution in [-0.4, -0.2) is 29.4 Å². The number of nitrogens with zero attached hydrogens (tertiary/aromatic N) is 2. The SMILES string of the molecule is Cn1c(COC[C@H]2CCCNC2)noc1=O. The first-order valence-corrected chi connectivity index (χ1v) is 5.57. The van der Waals surface area contributed by atoms with Crippen molar-refractivity contribution < 1.29 is 9.26 Å². The smallest absolute Gasteiger partial charge is 0.373 e. The van der Waals surface area contributed by atoms with Gasteiger partial charge in [0, 0.05) is 13.6 Å². The Morgan fingerprint density at radius 2 is 2.56 bits per heavy atom. The van der Waals surface area contributed by atoms with Crippen molar-refractivity contribution in [3.05, 3.63) is 16.4 Å². The molecular formula is C10H17N3O3. The largest absolute Gasteiger partial charge is 0.441 e. The predicted molar refractivity (Wildman–Crippen MR) is 57.0 cm³/mol. The molecule has 6 heteroatoms. The second-order valence-electron chi connectivity index (χ2n) is 4.15. The maximum atomic E-state index is 11.0. The molecule has 2 heterocycles. The van der Waals surface area contributed by atoms with E-state index in [1.807, 2.05) is 0 Å². The van der Waals surface area contributed by atoms with E-state index in [1.54, 1.807) is 7.05 Å². The molecule has 0 spiro atoms. The Morgan fingerprint density at radius 1 is 1.69 bits per heavy atom. The molecule has 1 aliphatic rings. The zero-order valence-electron chi connectivity index (χ0n) is 9.44. The number of hydrogen-bond acceptors (Lipinski definition) is 5. The first-order valence-electron chi connectivity index (χ1n) is 5.57. The lowest BCUT2D eigenvalue weighted by Gasteiger charge is -2.22. The molecule has 0 aromatic carbocycles. The highest BCUT2D eigenvalue weighted by molar-refractivity contribution is 4.79. The van der Waals surface area contributed by atoms with Crippen molar-refractivity contribution in [3.63, 3.8) is 0 Å². The van der Waals surface area contributed by atoms with Crippen molar-refractivity contribution in [1.82, 2.24) is 15.0 Å². The Bertz CT molecular complexity index is 379. The van der Waals surface area contributed by atoms with Crippen LogP contribution in [-0.2, 0) is 18.4 Å². The summed E-state index contributed by atoms with van der Waals surface area (Å²) >= 11 is 0. The summed E-state index contributed by atoms with van der Waals surface area (Å²) < 4.78 is 11.4. The van der Waals surface area contributed by atoms with Crippen molar-refractivity contribution in [3.8, 4) is 0 Å². The summed E-state index contributed by atoms with van der Waals surface area (Å²) in [6, 6.07) is 0. The molecule has 0 unspecified atom stereocenters. The monoisotopic (exact) mass is 227 g/mol. The van der Waals surface area contributed by atoms with Gasteiger partial charge < -0.3 is 10.1 Å². The second-order valence-corrected chi connectivity index (χ2v) is 4.15. The van der Waals surface area contributed by atoms with Gasteiger partial charge in [0.15, 0.2) is 5.82 Å². The third kappa shape index (κ3) is 2.70. The molecule has 1 atom stereocenters. The Hall–Kier alpha value is -1.14. The molecule has 0 bridgehead atoms. The molecule has 0 saturated carbocycles. The molecule has 1 aromatic rings. The highest BCUT2D eigenvalue weighted by Crippen LogP contribution is 2.10. The standard InChI is InChI=1S/C10H17N3O3/c1-13-9(12-16-10(13)14)7-15-6-8-3-2-4-11-5-8/h8,11H,2-7H2,1H3/t8-/m0/s1. The van der Waals surface area contributed by atoms with Gasteiger partial charge in [0.2, 0.25) is 0 Å². The van der Waals surface area contributed by atoms with Crippen LogP contribution >= 0.6 is 0 Å². The molecular weight excluding hydrogens is 210 g/mol. The highest BCUT2D eigenvalue weighted by Gasteiger charge is 2.13. The van der Waals surface area contributed by atoms with Crippen LogP contribution in [0.1, 0.15) is 18.7 Å². The Morgan fingerprint density at radius 3 is 3.19 bits per heavy atom. The van der Waals surface area contributed by atoms with Crippen LogP contribution in [0.2, 0.25) is 0 Å². The molecule has 1 aromatic heterocycles. The van der Waals surface area contributed by atoms with E-state index in [-0.39, 0.29) is 0 Å². The van der Waals surface area contributed by atoms with E-state index in [2.05, 4.69) is 15.0 Å². The molecule has 1 saturated heterocycles. The average molecular weight is 227 g/mol. The number of piperidine rings is 1. The fourth-order valence-corrected chi connectivity index (χ4v) is 1.83. The number of nitrogens with one attached hydrogen (secondary N) is 1. The third-order valence-corrected chi connectivity index (χ3v) is 2.87. The van der Waals surface area contributed by atoms with Gasteiger partial charge in [0.25, 0.3) is 0 Å². The first kappa shape index (κ1) is 11.3. The van der Waals surface area contributed by atoms with E-state index < -0.39 is 5.76 Å². The summed E-state index contributed by atoms with van der Waals surface area (Å²) in [6.45, 7) is 3.15. The molecule has 1 N–H and O–H groups in total. The zero-order chi connectivity index (χ0) is 11.4. The Labute approximate surface area is 93.6 Å². The van der Waals surface area contributed by atoms with Crippen LogP contribution in [0.3, 0.4) is 0 Å². The minimum Gasteiger partial charge on any atom is -0.373 e. The molecule has 0 amide bonds. The quantitative estimate of drug-likeness (QED) is 0.777. The maximum absolute atomic E-state index is 11.0. The number of rotatable bonds is 4. The summed E-state index contributed by atoms with van der Waals surface area (Å²) in [6.07, 6.45) is 2.40. The lowest BCUT2D eigenvalue weighted by Crippen LogP contribution is -2.32. The van der Waals surface area contributed by atoms with Crippen LogP contribution in [0, 0.1) is 5.92 Å². The van der Waals surface area contributed by atoms with Gasteiger partial charge >= 0.3 is 5.76 Å². The van der Waals surface area contributed by atoms with Crippen LogP contribution in [0.5, 0.6) is 0 Å². The van der Waals surface area contributed by atoms with Gasteiger partial charge in [-0.1, -0.05) is 5.16 Å². The lowest BCUT2D eigenvalue weighted by molar-refractivity contribution is 0.0716. The van der Waals surface area contributed by atoms with Crippen LogP contribution < -0.4 is 11.1 Å². The minimum atomic E-state index is -0.446. The Kier molecular flexibility index (Phi) is 3.74. The average Bonchev–Trinajstić information content (AvgIpc) is 2.62. The fraction of sp³-hybridized carbons (Fsp3) is 0.800. The van der Waals surface area contributed by atoms with Crippen molar-refractivity contribution in [1.29, 1.82) is 0 Å². The second kappa shape index (κ2) is 5.27. The van der Waals surface area contributed by atoms with Crippen molar-refractivity contribution in [2.75, 3.05) is 19.7 Å². The van der Waals surface area contributed by atoms with Gasteiger partial charge in [-0.05, 0) is 25.3 Å². The van der Waals surface area contributed by atoms with Crippen LogP contribution in [0.25, 0.3) is 0 Å². The topological polar surface area (TPSA) is 69.3 Å². The van der Waals surface area contributed by atoms with Crippen molar-refractivity contribution in [2.24, 2.45) is 13.0 Å². The van der Waals surface area contributed by atoms with Gasteiger partial charge in [-0.2, -0.15) is 0 Å². The van der Waals surface area contributed by atoms with Crippen molar-refractivity contribution in [2.45, 2.75) is 19.4 Å². The van der Waals surface area contributed by atoms with Crippen LogP contribution in [0.4, 0.5) is 0 Å². The summed E-state index contributed by atoms with van der Waals surface area (Å²) in [5, 5.41) is 6.96.